The van der Waals surface area contributed by atoms with E-state index in [1.807, 2.05) is 24.3 Å². The van der Waals surface area contributed by atoms with E-state index in [0.29, 0.717) is 12.8 Å². The first-order valence-corrected chi connectivity index (χ1v) is 8.01. The average molecular weight is 331 g/mol. The van der Waals surface area contributed by atoms with Crippen molar-refractivity contribution < 1.29 is 14.3 Å². The van der Waals surface area contributed by atoms with Crippen molar-refractivity contribution in [2.24, 2.45) is 0 Å². The molecule has 6 heteroatoms. The molecule has 24 heavy (non-hydrogen) atoms. The van der Waals surface area contributed by atoms with Gasteiger partial charge in [0.1, 0.15) is 17.7 Å². The molecule has 1 amide bonds. The number of nitrogens with zero attached hydrogens (tertiary/aromatic N) is 2. The Balaban J connectivity index is 2.08. The number of amides is 1. The van der Waals surface area contributed by atoms with Gasteiger partial charge in [0.2, 0.25) is 0 Å². The molecule has 0 fully saturated rings. The van der Waals surface area contributed by atoms with Crippen LogP contribution in [0.1, 0.15) is 39.9 Å². The van der Waals surface area contributed by atoms with Gasteiger partial charge in [-0.25, -0.2) is 9.78 Å². The molecule has 0 spiro atoms. The third-order valence-corrected chi connectivity index (χ3v) is 3.99. The van der Waals surface area contributed by atoms with Crippen LogP contribution in [0.5, 0.6) is 0 Å². The number of hydrogen-bond acceptors (Lipinski definition) is 4. The summed E-state index contributed by atoms with van der Waals surface area (Å²) in [5.74, 6) is 0.793. The van der Waals surface area contributed by atoms with Gasteiger partial charge in [0, 0.05) is 13.5 Å². The van der Waals surface area contributed by atoms with Crippen LogP contribution in [0.25, 0.3) is 11.0 Å². The van der Waals surface area contributed by atoms with Crippen LogP contribution < -0.4 is 0 Å². The lowest BCUT2D eigenvalue weighted by Gasteiger charge is -2.35. The molecular weight excluding hydrogens is 306 g/mol. The molecule has 0 aliphatic heterocycles. The number of nitrogens with one attached hydrogen (secondary N) is 1. The first kappa shape index (κ1) is 18.0. The first-order chi connectivity index (χ1) is 11.1. The number of ether oxygens (including phenoxy) is 1. The molecule has 2 aromatic rings. The Bertz CT molecular complexity index is 699. The number of carbonyl (C=O) groups is 2. The predicted molar refractivity (Wildman–Crippen MR) is 92.9 cm³/mol. The first-order valence-electron chi connectivity index (χ1n) is 8.01. The summed E-state index contributed by atoms with van der Waals surface area (Å²) >= 11 is 0. The molecular formula is C18H25N3O3. The zero-order chi connectivity index (χ0) is 18.0. The second kappa shape index (κ2) is 6.63. The minimum Gasteiger partial charge on any atom is -0.444 e. The van der Waals surface area contributed by atoms with Crippen molar-refractivity contribution in [1.82, 2.24) is 14.9 Å². The largest absolute Gasteiger partial charge is 0.444 e. The number of imidazole rings is 1. The Labute approximate surface area is 142 Å². The Morgan fingerprint density at radius 3 is 2.54 bits per heavy atom. The van der Waals surface area contributed by atoms with Crippen LogP contribution in [0.2, 0.25) is 0 Å². The summed E-state index contributed by atoms with van der Waals surface area (Å²) < 4.78 is 5.35. The normalized spacial score (nSPS) is 14.2. The van der Waals surface area contributed by atoms with E-state index < -0.39 is 17.2 Å². The second-order valence-electron chi connectivity index (χ2n) is 7.22. The van der Waals surface area contributed by atoms with E-state index in [4.69, 9.17) is 4.74 Å². The summed E-state index contributed by atoms with van der Waals surface area (Å²) in [4.78, 5) is 33.0. The van der Waals surface area contributed by atoms with Crippen LogP contribution in [-0.2, 0) is 16.0 Å². The van der Waals surface area contributed by atoms with E-state index in [2.05, 4.69) is 9.97 Å². The molecule has 6 nitrogen and oxygen atoms in total. The quantitative estimate of drug-likeness (QED) is 0.853. The third kappa shape index (κ3) is 4.13. The van der Waals surface area contributed by atoms with Gasteiger partial charge < -0.3 is 14.5 Å². The number of hydrogen-bond donors (Lipinski definition) is 1. The Kier molecular flexibility index (Phi) is 4.96. The summed E-state index contributed by atoms with van der Waals surface area (Å²) in [7, 11) is 1.58. The number of aromatic amines is 1. The van der Waals surface area contributed by atoms with Crippen LogP contribution >= 0.6 is 0 Å². The van der Waals surface area contributed by atoms with Crippen molar-refractivity contribution in [3.8, 4) is 0 Å². The number of H-pyrrole nitrogens is 1. The fourth-order valence-corrected chi connectivity index (χ4v) is 2.34. The average Bonchev–Trinajstić information content (AvgIpc) is 2.93. The zero-order valence-electron chi connectivity index (χ0n) is 14.9. The zero-order valence-corrected chi connectivity index (χ0v) is 14.9. The molecule has 1 aromatic carbocycles. The lowest BCUT2D eigenvalue weighted by molar-refractivity contribution is -0.117. The molecule has 0 aliphatic rings. The molecule has 1 heterocycles. The van der Waals surface area contributed by atoms with E-state index in [0.717, 1.165) is 23.1 Å². The van der Waals surface area contributed by atoms with Gasteiger partial charge in [0.05, 0.1) is 16.6 Å². The minimum atomic E-state index is -0.957. The van der Waals surface area contributed by atoms with E-state index >= 15 is 0 Å². The highest BCUT2D eigenvalue weighted by atomic mass is 16.6. The molecule has 1 aromatic heterocycles. The van der Waals surface area contributed by atoms with E-state index in [-0.39, 0.29) is 0 Å². The highest BCUT2D eigenvalue weighted by Gasteiger charge is 2.35. The SMILES string of the molecule is CN(C(=O)OC(C)(C)C)C(C)(C=O)CCc1nc2ccccc2[nH]1. The maximum absolute atomic E-state index is 12.2. The number of aromatic nitrogens is 2. The van der Waals surface area contributed by atoms with E-state index in [1.165, 1.54) is 4.90 Å². The van der Waals surface area contributed by atoms with Crippen LogP contribution in [-0.4, -0.2) is 45.4 Å². The molecule has 0 radical (unpaired) electrons. The monoisotopic (exact) mass is 331 g/mol. The Morgan fingerprint density at radius 2 is 1.96 bits per heavy atom. The maximum atomic E-state index is 12.2. The number of likely N-dealkylation sites (N-methyl/N-ethyl adjacent to an activating group) is 1. The fraction of sp³-hybridized carbons (Fsp3) is 0.500. The number of benzene rings is 1. The van der Waals surface area contributed by atoms with Crippen molar-refractivity contribution >= 4 is 23.4 Å². The Hall–Kier alpha value is -2.37. The number of fused-ring (bicyclic) bond motifs is 1. The van der Waals surface area contributed by atoms with Crippen LogP contribution in [0.3, 0.4) is 0 Å². The van der Waals surface area contributed by atoms with Gasteiger partial charge in [-0.3, -0.25) is 4.90 Å². The molecule has 2 rings (SSSR count). The number of aryl methyl sites for hydroxylation is 1. The molecule has 0 bridgehead atoms. The lowest BCUT2D eigenvalue weighted by Crippen LogP contribution is -2.50. The predicted octanol–water partition coefficient (Wildman–Crippen LogP) is 3.32. The Morgan fingerprint density at radius 1 is 1.29 bits per heavy atom. The number of para-hydroxylation sites is 2. The van der Waals surface area contributed by atoms with E-state index in [9.17, 15) is 9.59 Å². The maximum Gasteiger partial charge on any atom is 0.410 e. The van der Waals surface area contributed by atoms with Gasteiger partial charge in [-0.2, -0.15) is 0 Å². The summed E-state index contributed by atoms with van der Waals surface area (Å²) in [6, 6.07) is 7.76. The van der Waals surface area contributed by atoms with Crippen molar-refractivity contribution in [1.29, 1.82) is 0 Å². The van der Waals surface area contributed by atoms with E-state index in [1.54, 1.807) is 34.7 Å². The van der Waals surface area contributed by atoms with Crippen LogP contribution in [0.15, 0.2) is 24.3 Å². The van der Waals surface area contributed by atoms with Crippen molar-refractivity contribution in [3.05, 3.63) is 30.1 Å². The van der Waals surface area contributed by atoms with Crippen LogP contribution in [0.4, 0.5) is 4.79 Å². The smallest absolute Gasteiger partial charge is 0.410 e. The molecule has 130 valence electrons. The highest BCUT2D eigenvalue weighted by Crippen LogP contribution is 2.21. The lowest BCUT2D eigenvalue weighted by atomic mass is 9.96. The minimum absolute atomic E-state index is 0.450. The highest BCUT2D eigenvalue weighted by molar-refractivity contribution is 5.76. The molecule has 0 saturated heterocycles. The van der Waals surface area contributed by atoms with Crippen molar-refractivity contribution in [2.75, 3.05) is 7.05 Å². The molecule has 1 unspecified atom stereocenters. The number of carbonyl (C=O) groups excluding carboxylic acids is 2. The fourth-order valence-electron chi connectivity index (χ4n) is 2.34. The number of rotatable bonds is 5. The van der Waals surface area contributed by atoms with Crippen molar-refractivity contribution in [2.45, 2.75) is 51.7 Å². The summed E-state index contributed by atoms with van der Waals surface area (Å²) in [5.41, 5.74) is 0.288. The standard InChI is InChI=1S/C18H25N3O3/c1-17(2,3)24-16(23)21(5)18(4,12-22)11-10-15-19-13-8-6-7-9-14(13)20-15/h6-9,12H,10-11H2,1-5H3,(H,19,20). The van der Waals surface area contributed by atoms with Gasteiger partial charge in [-0.05, 0) is 46.2 Å². The van der Waals surface area contributed by atoms with Crippen molar-refractivity contribution in [3.63, 3.8) is 0 Å². The summed E-state index contributed by atoms with van der Waals surface area (Å²) in [6.45, 7) is 7.12. The molecule has 0 aliphatic carbocycles. The van der Waals surface area contributed by atoms with Gasteiger partial charge in [0.15, 0.2) is 0 Å². The summed E-state index contributed by atoms with van der Waals surface area (Å²) in [5, 5.41) is 0. The molecule has 1 N–H and O–H groups in total. The van der Waals surface area contributed by atoms with Gasteiger partial charge in [0.25, 0.3) is 0 Å². The topological polar surface area (TPSA) is 75.3 Å². The second-order valence-corrected chi connectivity index (χ2v) is 7.22. The van der Waals surface area contributed by atoms with Gasteiger partial charge >= 0.3 is 6.09 Å². The number of aldehydes is 1. The molecule has 0 saturated carbocycles. The van der Waals surface area contributed by atoms with Crippen LogP contribution in [0, 0.1) is 0 Å². The summed E-state index contributed by atoms with van der Waals surface area (Å²) in [6.07, 6.45) is 1.28. The third-order valence-electron chi connectivity index (χ3n) is 3.99. The van der Waals surface area contributed by atoms with Gasteiger partial charge in [-0.1, -0.05) is 12.1 Å². The van der Waals surface area contributed by atoms with Gasteiger partial charge in [-0.15, -0.1) is 0 Å². The molecule has 1 atom stereocenters.